The Kier molecular flexibility index (Phi) is 5.28. The van der Waals surface area contributed by atoms with Crippen LogP contribution in [-0.2, 0) is 7.05 Å². The molecule has 122 valence electrons. The van der Waals surface area contributed by atoms with Crippen molar-refractivity contribution < 1.29 is 19.4 Å². The van der Waals surface area contributed by atoms with Gasteiger partial charge in [0, 0.05) is 12.1 Å². The fraction of sp³-hybridized carbons (Fsp3) is 0.250. The smallest absolute Gasteiger partial charge is 0.352 e. The summed E-state index contributed by atoms with van der Waals surface area (Å²) in [6.07, 6.45) is 0.829. The molecular weight excluding hydrogens is 320 g/mol. The lowest BCUT2D eigenvalue weighted by Crippen LogP contribution is -2.18. The minimum Gasteiger partial charge on any atom is -0.491 e. The Hall–Kier alpha value is -2.47. The van der Waals surface area contributed by atoms with E-state index >= 15 is 0 Å². The standard InChI is InChI=1S/C16H17ClN2O4/c1-3-8-23-14-7-4-10(17)9-11(14)18-15(20)12-5-6-13(16(21)22)19(12)2/h4-7,9H,3,8H2,1-2H3,(H,18,20)(H,21,22). The van der Waals surface area contributed by atoms with Crippen molar-refractivity contribution in [2.45, 2.75) is 13.3 Å². The molecule has 2 N–H and O–H groups in total. The molecule has 0 radical (unpaired) electrons. The SMILES string of the molecule is CCCOc1ccc(Cl)cc1NC(=O)c1ccc(C(=O)O)n1C. The summed E-state index contributed by atoms with van der Waals surface area (Å²) in [7, 11) is 1.52. The predicted molar refractivity (Wildman–Crippen MR) is 87.6 cm³/mol. The van der Waals surface area contributed by atoms with Gasteiger partial charge in [0.25, 0.3) is 5.91 Å². The molecule has 0 bridgehead atoms. The Balaban J connectivity index is 2.26. The van der Waals surface area contributed by atoms with Crippen molar-refractivity contribution in [1.82, 2.24) is 4.57 Å². The van der Waals surface area contributed by atoms with Gasteiger partial charge in [0.05, 0.1) is 12.3 Å². The van der Waals surface area contributed by atoms with Gasteiger partial charge in [-0.15, -0.1) is 0 Å². The van der Waals surface area contributed by atoms with E-state index in [0.717, 1.165) is 6.42 Å². The van der Waals surface area contributed by atoms with Crippen LogP contribution in [0.3, 0.4) is 0 Å². The van der Waals surface area contributed by atoms with E-state index in [0.29, 0.717) is 23.1 Å². The zero-order valence-corrected chi connectivity index (χ0v) is 13.6. The van der Waals surface area contributed by atoms with Gasteiger partial charge < -0.3 is 19.7 Å². The van der Waals surface area contributed by atoms with E-state index in [1.165, 1.54) is 23.7 Å². The predicted octanol–water partition coefficient (Wildman–Crippen LogP) is 3.42. The highest BCUT2D eigenvalue weighted by Crippen LogP contribution is 2.28. The number of hydrogen-bond acceptors (Lipinski definition) is 3. The zero-order valence-electron chi connectivity index (χ0n) is 12.8. The number of aromatic carboxylic acids is 1. The number of anilines is 1. The van der Waals surface area contributed by atoms with E-state index in [1.54, 1.807) is 18.2 Å². The highest BCUT2D eigenvalue weighted by atomic mass is 35.5. The Morgan fingerprint density at radius 3 is 2.57 bits per heavy atom. The van der Waals surface area contributed by atoms with Crippen LogP contribution in [0.25, 0.3) is 0 Å². The molecule has 1 amide bonds. The van der Waals surface area contributed by atoms with Gasteiger partial charge in [0.1, 0.15) is 17.1 Å². The van der Waals surface area contributed by atoms with Gasteiger partial charge in [-0.2, -0.15) is 0 Å². The first-order valence-electron chi connectivity index (χ1n) is 7.06. The molecule has 7 heteroatoms. The fourth-order valence-corrected chi connectivity index (χ4v) is 2.25. The topological polar surface area (TPSA) is 80.6 Å². The summed E-state index contributed by atoms with van der Waals surface area (Å²) < 4.78 is 6.89. The molecule has 0 fully saturated rings. The van der Waals surface area contributed by atoms with Crippen LogP contribution in [0.15, 0.2) is 30.3 Å². The van der Waals surface area contributed by atoms with Crippen molar-refractivity contribution in [3.63, 3.8) is 0 Å². The van der Waals surface area contributed by atoms with Crippen molar-refractivity contribution in [3.8, 4) is 5.75 Å². The number of nitrogens with one attached hydrogen (secondary N) is 1. The summed E-state index contributed by atoms with van der Waals surface area (Å²) >= 11 is 5.97. The van der Waals surface area contributed by atoms with Crippen LogP contribution in [0.5, 0.6) is 5.75 Å². The molecule has 6 nitrogen and oxygen atoms in total. The number of ether oxygens (including phenoxy) is 1. The maximum absolute atomic E-state index is 12.4. The second-order valence-electron chi connectivity index (χ2n) is 4.91. The van der Waals surface area contributed by atoms with Crippen LogP contribution < -0.4 is 10.1 Å². The van der Waals surface area contributed by atoms with Crippen LogP contribution in [0.1, 0.15) is 34.3 Å². The number of halogens is 1. The molecule has 0 aliphatic carbocycles. The molecule has 0 aliphatic heterocycles. The van der Waals surface area contributed by atoms with Crippen molar-refractivity contribution >= 4 is 29.2 Å². The maximum atomic E-state index is 12.4. The molecule has 0 saturated heterocycles. The third kappa shape index (κ3) is 3.84. The Bertz CT molecular complexity index is 740. The second-order valence-corrected chi connectivity index (χ2v) is 5.35. The van der Waals surface area contributed by atoms with Gasteiger partial charge in [-0.25, -0.2) is 4.79 Å². The number of carboxylic acid groups (broad SMARTS) is 1. The Morgan fingerprint density at radius 1 is 1.26 bits per heavy atom. The number of carboxylic acids is 1. The van der Waals surface area contributed by atoms with E-state index in [2.05, 4.69) is 5.32 Å². The van der Waals surface area contributed by atoms with E-state index in [9.17, 15) is 9.59 Å². The molecule has 23 heavy (non-hydrogen) atoms. The molecule has 1 aromatic heterocycles. The molecule has 0 atom stereocenters. The zero-order chi connectivity index (χ0) is 17.0. The molecule has 1 heterocycles. The van der Waals surface area contributed by atoms with Gasteiger partial charge in [-0.3, -0.25) is 4.79 Å². The number of nitrogens with zero attached hydrogens (tertiary/aromatic N) is 1. The third-order valence-corrected chi connectivity index (χ3v) is 3.46. The van der Waals surface area contributed by atoms with Crippen LogP contribution in [0.4, 0.5) is 5.69 Å². The van der Waals surface area contributed by atoms with Gasteiger partial charge in [0.2, 0.25) is 0 Å². The highest BCUT2D eigenvalue weighted by molar-refractivity contribution is 6.31. The molecule has 0 saturated carbocycles. The minimum atomic E-state index is -1.10. The van der Waals surface area contributed by atoms with Crippen LogP contribution in [-0.4, -0.2) is 28.2 Å². The van der Waals surface area contributed by atoms with Crippen LogP contribution in [0.2, 0.25) is 5.02 Å². The first kappa shape index (κ1) is 16.9. The normalized spacial score (nSPS) is 10.4. The van der Waals surface area contributed by atoms with E-state index in [1.807, 2.05) is 6.92 Å². The number of amides is 1. The van der Waals surface area contributed by atoms with E-state index in [4.69, 9.17) is 21.4 Å². The second kappa shape index (κ2) is 7.19. The van der Waals surface area contributed by atoms with Crippen molar-refractivity contribution in [3.05, 3.63) is 46.7 Å². The van der Waals surface area contributed by atoms with Gasteiger partial charge in [-0.1, -0.05) is 18.5 Å². The van der Waals surface area contributed by atoms with E-state index < -0.39 is 11.9 Å². The van der Waals surface area contributed by atoms with Crippen LogP contribution in [0, 0.1) is 0 Å². The van der Waals surface area contributed by atoms with Gasteiger partial charge >= 0.3 is 5.97 Å². The number of hydrogen-bond donors (Lipinski definition) is 2. The van der Waals surface area contributed by atoms with Crippen molar-refractivity contribution in [1.29, 1.82) is 0 Å². The summed E-state index contributed by atoms with van der Waals surface area (Å²) in [5.74, 6) is -1.03. The van der Waals surface area contributed by atoms with Crippen LogP contribution >= 0.6 is 11.6 Å². The quantitative estimate of drug-likeness (QED) is 0.847. The fourth-order valence-electron chi connectivity index (χ4n) is 2.08. The first-order valence-corrected chi connectivity index (χ1v) is 7.44. The summed E-state index contributed by atoms with van der Waals surface area (Å²) in [6.45, 7) is 2.49. The minimum absolute atomic E-state index is 0.0312. The summed E-state index contributed by atoms with van der Waals surface area (Å²) in [4.78, 5) is 23.4. The highest BCUT2D eigenvalue weighted by Gasteiger charge is 2.17. The number of rotatable bonds is 6. The number of benzene rings is 1. The first-order chi connectivity index (χ1) is 10.9. The molecular formula is C16H17ClN2O4. The molecule has 0 spiro atoms. The van der Waals surface area contributed by atoms with Crippen molar-refractivity contribution in [2.24, 2.45) is 7.05 Å². The lowest BCUT2D eigenvalue weighted by Gasteiger charge is -2.13. The Labute approximate surface area is 138 Å². The molecule has 1 aromatic carbocycles. The lowest BCUT2D eigenvalue weighted by atomic mass is 10.2. The number of aromatic nitrogens is 1. The largest absolute Gasteiger partial charge is 0.491 e. The Morgan fingerprint density at radius 2 is 1.96 bits per heavy atom. The third-order valence-electron chi connectivity index (χ3n) is 3.23. The maximum Gasteiger partial charge on any atom is 0.352 e. The van der Waals surface area contributed by atoms with Gasteiger partial charge in [0.15, 0.2) is 0 Å². The number of carbonyl (C=O) groups is 2. The summed E-state index contributed by atoms with van der Waals surface area (Å²) in [5, 5.41) is 12.2. The summed E-state index contributed by atoms with van der Waals surface area (Å²) in [6, 6.07) is 7.78. The van der Waals surface area contributed by atoms with E-state index in [-0.39, 0.29) is 11.4 Å². The molecule has 0 aliphatic rings. The molecule has 2 rings (SSSR count). The average Bonchev–Trinajstić information content (AvgIpc) is 2.88. The number of carbonyl (C=O) groups excluding carboxylic acids is 1. The summed E-state index contributed by atoms with van der Waals surface area (Å²) in [5.41, 5.74) is 0.696. The van der Waals surface area contributed by atoms with Gasteiger partial charge in [-0.05, 0) is 36.8 Å². The monoisotopic (exact) mass is 336 g/mol. The lowest BCUT2D eigenvalue weighted by molar-refractivity contribution is 0.0686. The molecule has 0 unspecified atom stereocenters. The average molecular weight is 337 g/mol. The van der Waals surface area contributed by atoms with Crippen molar-refractivity contribution in [2.75, 3.05) is 11.9 Å². The molecule has 2 aromatic rings.